The third-order valence-corrected chi connectivity index (χ3v) is 6.61. The zero-order valence-electron chi connectivity index (χ0n) is 19.5. The molecule has 2 aliphatic rings. The fourth-order valence-corrected chi connectivity index (χ4v) is 4.80. The molecule has 4 rings (SSSR count). The molecule has 2 saturated heterocycles. The highest BCUT2D eigenvalue weighted by molar-refractivity contribution is 6.33. The topological polar surface area (TPSA) is 77.2 Å². The summed E-state index contributed by atoms with van der Waals surface area (Å²) in [6.45, 7) is 5.86. The predicted molar refractivity (Wildman–Crippen MR) is 134 cm³/mol. The first kappa shape index (κ1) is 24.5. The third-order valence-electron chi connectivity index (χ3n) is 6.30. The van der Waals surface area contributed by atoms with Gasteiger partial charge in [-0.05, 0) is 23.8 Å². The van der Waals surface area contributed by atoms with Crippen LogP contribution in [0.2, 0.25) is 5.02 Å². The van der Waals surface area contributed by atoms with Gasteiger partial charge < -0.3 is 20.3 Å². The highest BCUT2D eigenvalue weighted by Gasteiger charge is 2.33. The number of anilines is 2. The molecule has 0 saturated carbocycles. The highest BCUT2D eigenvalue weighted by Crippen LogP contribution is 2.29. The van der Waals surface area contributed by atoms with Crippen molar-refractivity contribution in [1.29, 1.82) is 0 Å². The normalized spacial score (nSPS) is 19.6. The minimum absolute atomic E-state index is 0.0801. The molecule has 0 unspecified atom stereocenters. The maximum absolute atomic E-state index is 12.8. The number of ether oxygens (including phenoxy) is 1. The molecule has 2 aromatic carbocycles. The average Bonchev–Trinajstić information content (AvgIpc) is 2.85. The van der Waals surface area contributed by atoms with Crippen LogP contribution in [-0.4, -0.2) is 87.2 Å². The first-order valence-electron chi connectivity index (χ1n) is 11.7. The highest BCUT2D eigenvalue weighted by atomic mass is 35.5. The lowest BCUT2D eigenvalue weighted by Crippen LogP contribution is -2.59. The first-order valence-corrected chi connectivity index (χ1v) is 12.1. The van der Waals surface area contributed by atoms with Crippen molar-refractivity contribution in [3.8, 4) is 0 Å². The van der Waals surface area contributed by atoms with Crippen molar-refractivity contribution in [3.63, 3.8) is 0 Å². The van der Waals surface area contributed by atoms with Crippen molar-refractivity contribution in [2.75, 3.05) is 69.7 Å². The summed E-state index contributed by atoms with van der Waals surface area (Å²) >= 11 is 6.50. The van der Waals surface area contributed by atoms with E-state index in [-0.39, 0.29) is 24.4 Å². The van der Waals surface area contributed by atoms with Crippen molar-refractivity contribution >= 4 is 34.8 Å². The smallest absolute Gasteiger partial charge is 0.238 e. The fourth-order valence-electron chi connectivity index (χ4n) is 4.50. The van der Waals surface area contributed by atoms with Gasteiger partial charge in [0.25, 0.3) is 0 Å². The summed E-state index contributed by atoms with van der Waals surface area (Å²) in [5, 5.41) is 6.28. The molecule has 0 bridgehead atoms. The van der Waals surface area contributed by atoms with Gasteiger partial charge >= 0.3 is 0 Å². The van der Waals surface area contributed by atoms with Crippen LogP contribution in [0, 0.1) is 0 Å². The Morgan fingerprint density at radius 2 is 1.82 bits per heavy atom. The Kier molecular flexibility index (Phi) is 8.39. The van der Waals surface area contributed by atoms with Crippen LogP contribution >= 0.6 is 11.6 Å². The second-order valence-corrected chi connectivity index (χ2v) is 9.04. The van der Waals surface area contributed by atoms with Crippen LogP contribution in [0.25, 0.3) is 0 Å². The third kappa shape index (κ3) is 6.27. The molecule has 182 valence electrons. The van der Waals surface area contributed by atoms with Gasteiger partial charge in [-0.25, -0.2) is 0 Å². The number of carbonyl (C=O) groups is 2. The van der Waals surface area contributed by atoms with Crippen LogP contribution in [-0.2, 0) is 20.9 Å². The quantitative estimate of drug-likeness (QED) is 0.625. The molecule has 9 heteroatoms. The summed E-state index contributed by atoms with van der Waals surface area (Å²) in [6, 6.07) is 15.4. The van der Waals surface area contributed by atoms with Crippen molar-refractivity contribution in [1.82, 2.24) is 15.1 Å². The number of hydrogen-bond donors (Lipinski definition) is 2. The summed E-state index contributed by atoms with van der Waals surface area (Å²) in [5.41, 5.74) is 2.80. The summed E-state index contributed by atoms with van der Waals surface area (Å²) in [5.74, 6) is -0.246. The number of morpholine rings is 1. The van der Waals surface area contributed by atoms with Gasteiger partial charge in [0.1, 0.15) is 6.04 Å². The van der Waals surface area contributed by atoms with E-state index in [0.717, 1.165) is 31.9 Å². The maximum Gasteiger partial charge on any atom is 0.238 e. The van der Waals surface area contributed by atoms with Gasteiger partial charge in [-0.2, -0.15) is 0 Å². The van der Waals surface area contributed by atoms with Crippen LogP contribution in [0.1, 0.15) is 5.56 Å². The average molecular weight is 486 g/mol. The van der Waals surface area contributed by atoms with Gasteiger partial charge in [-0.15, -0.1) is 0 Å². The van der Waals surface area contributed by atoms with Gasteiger partial charge in [0.2, 0.25) is 11.8 Å². The molecule has 2 heterocycles. The van der Waals surface area contributed by atoms with E-state index in [2.05, 4.69) is 32.6 Å². The monoisotopic (exact) mass is 485 g/mol. The number of nitrogens with one attached hydrogen (secondary N) is 2. The molecular weight excluding hydrogens is 454 g/mol. The Morgan fingerprint density at radius 1 is 1.06 bits per heavy atom. The number of piperazine rings is 1. The van der Waals surface area contributed by atoms with Gasteiger partial charge in [-0.1, -0.05) is 41.9 Å². The number of amides is 2. The largest absolute Gasteiger partial charge is 0.378 e. The molecule has 0 radical (unpaired) electrons. The van der Waals surface area contributed by atoms with E-state index in [1.54, 1.807) is 13.1 Å². The van der Waals surface area contributed by atoms with E-state index in [4.69, 9.17) is 16.3 Å². The Balaban J connectivity index is 1.35. The number of rotatable bonds is 7. The van der Waals surface area contributed by atoms with Gasteiger partial charge in [0, 0.05) is 52.0 Å². The molecule has 1 atom stereocenters. The Morgan fingerprint density at radius 3 is 2.53 bits per heavy atom. The van der Waals surface area contributed by atoms with E-state index in [9.17, 15) is 9.59 Å². The number of nitrogens with zero attached hydrogens (tertiary/aromatic N) is 3. The van der Waals surface area contributed by atoms with E-state index in [1.165, 1.54) is 5.56 Å². The van der Waals surface area contributed by atoms with Gasteiger partial charge in [0.05, 0.1) is 30.5 Å². The molecular formula is C25H32ClN5O3. The molecule has 2 aliphatic heterocycles. The van der Waals surface area contributed by atoms with E-state index in [1.807, 2.05) is 35.2 Å². The van der Waals surface area contributed by atoms with E-state index < -0.39 is 0 Å². The van der Waals surface area contributed by atoms with Crippen molar-refractivity contribution in [2.24, 2.45) is 0 Å². The van der Waals surface area contributed by atoms with Crippen LogP contribution < -0.4 is 15.5 Å². The molecule has 2 amide bonds. The Bertz CT molecular complexity index is 984. The molecule has 0 spiro atoms. The first-order chi connectivity index (χ1) is 16.5. The molecule has 0 aromatic heterocycles. The molecule has 34 heavy (non-hydrogen) atoms. The molecule has 2 aromatic rings. The van der Waals surface area contributed by atoms with E-state index in [0.29, 0.717) is 37.0 Å². The molecule has 8 nitrogen and oxygen atoms in total. The lowest BCUT2D eigenvalue weighted by Gasteiger charge is -2.40. The Labute approximate surface area is 205 Å². The summed E-state index contributed by atoms with van der Waals surface area (Å²) in [7, 11) is 1.63. The summed E-state index contributed by atoms with van der Waals surface area (Å²) in [6.07, 6.45) is 0. The number of carbonyl (C=O) groups excluding carboxylic acids is 2. The molecule has 0 aliphatic carbocycles. The van der Waals surface area contributed by atoms with Crippen LogP contribution in [0.15, 0.2) is 48.5 Å². The zero-order chi connectivity index (χ0) is 23.9. The number of hydrogen-bond acceptors (Lipinski definition) is 6. The summed E-state index contributed by atoms with van der Waals surface area (Å²) < 4.78 is 5.40. The van der Waals surface area contributed by atoms with Crippen molar-refractivity contribution in [3.05, 3.63) is 59.1 Å². The van der Waals surface area contributed by atoms with Crippen LogP contribution in [0.4, 0.5) is 11.4 Å². The van der Waals surface area contributed by atoms with Gasteiger partial charge in [0.15, 0.2) is 0 Å². The molecule has 2 fully saturated rings. The second kappa shape index (κ2) is 11.7. The zero-order valence-corrected chi connectivity index (χ0v) is 20.3. The standard InChI is InChI=1S/C25H32ClN5O3/c1-27-25(33)23-17-29(16-19-5-3-2-4-6-19)9-10-31(23)18-24(32)28-20-7-8-22(21(26)15-20)30-11-13-34-14-12-30/h2-8,15,23H,9-14,16-18H2,1H3,(H,27,33)(H,28,32)/t23-/m0/s1. The molecule has 2 N–H and O–H groups in total. The minimum atomic E-state index is -0.388. The Hall–Kier alpha value is -2.65. The van der Waals surface area contributed by atoms with Crippen molar-refractivity contribution in [2.45, 2.75) is 12.6 Å². The number of benzene rings is 2. The van der Waals surface area contributed by atoms with Crippen LogP contribution in [0.5, 0.6) is 0 Å². The van der Waals surface area contributed by atoms with Gasteiger partial charge in [-0.3, -0.25) is 19.4 Å². The maximum atomic E-state index is 12.8. The lowest BCUT2D eigenvalue weighted by molar-refractivity contribution is -0.130. The second-order valence-electron chi connectivity index (χ2n) is 8.64. The number of likely N-dealkylation sites (N-methyl/N-ethyl adjacent to an activating group) is 1. The summed E-state index contributed by atoms with van der Waals surface area (Å²) in [4.78, 5) is 31.8. The SMILES string of the molecule is CNC(=O)[C@@H]1CN(Cc2ccccc2)CCN1CC(=O)Nc1ccc(N2CCOCC2)c(Cl)c1. The van der Waals surface area contributed by atoms with Crippen molar-refractivity contribution < 1.29 is 14.3 Å². The lowest BCUT2D eigenvalue weighted by atomic mass is 10.1. The predicted octanol–water partition coefficient (Wildman–Crippen LogP) is 2.05. The van der Waals surface area contributed by atoms with Crippen LogP contribution in [0.3, 0.4) is 0 Å². The fraction of sp³-hybridized carbons (Fsp3) is 0.440. The minimum Gasteiger partial charge on any atom is -0.378 e. The van der Waals surface area contributed by atoms with E-state index >= 15 is 0 Å². The number of halogens is 1.